The van der Waals surface area contributed by atoms with E-state index in [1.807, 2.05) is 48.5 Å². The Morgan fingerprint density at radius 1 is 1.07 bits per heavy atom. The number of urea groups is 1. The number of nitrogens with one attached hydrogen (secondary N) is 1. The van der Waals surface area contributed by atoms with E-state index in [1.165, 1.54) is 6.08 Å². The average molecular weight is 411 g/mol. The lowest BCUT2D eigenvalue weighted by molar-refractivity contribution is -0.136. The SMILES string of the molecule is CCCCCNC(=O)N(C)c1cccc(-c2ccc(/C=C(\OCC)C(=O)O)cc2)c1. The highest BCUT2D eigenvalue weighted by Crippen LogP contribution is 2.25. The summed E-state index contributed by atoms with van der Waals surface area (Å²) in [6.45, 7) is 4.84. The van der Waals surface area contributed by atoms with E-state index in [-0.39, 0.29) is 11.8 Å². The molecule has 6 nitrogen and oxygen atoms in total. The maximum Gasteiger partial charge on any atom is 0.371 e. The lowest BCUT2D eigenvalue weighted by Gasteiger charge is -2.19. The summed E-state index contributed by atoms with van der Waals surface area (Å²) in [6.07, 6.45) is 4.70. The molecule has 0 aromatic heterocycles. The van der Waals surface area contributed by atoms with Crippen LogP contribution in [0.25, 0.3) is 17.2 Å². The van der Waals surface area contributed by atoms with Gasteiger partial charge >= 0.3 is 12.0 Å². The minimum absolute atomic E-state index is 0.0844. The van der Waals surface area contributed by atoms with Gasteiger partial charge in [-0.1, -0.05) is 56.2 Å². The summed E-state index contributed by atoms with van der Waals surface area (Å²) >= 11 is 0. The van der Waals surface area contributed by atoms with Gasteiger partial charge in [0.1, 0.15) is 0 Å². The molecule has 0 saturated carbocycles. The van der Waals surface area contributed by atoms with Crippen LogP contribution in [0.15, 0.2) is 54.3 Å². The van der Waals surface area contributed by atoms with Gasteiger partial charge in [0.2, 0.25) is 5.76 Å². The number of carbonyl (C=O) groups is 2. The van der Waals surface area contributed by atoms with Crippen LogP contribution in [0, 0.1) is 0 Å². The molecule has 30 heavy (non-hydrogen) atoms. The summed E-state index contributed by atoms with van der Waals surface area (Å²) < 4.78 is 5.15. The maximum atomic E-state index is 12.4. The standard InChI is InChI=1S/C24H30N2O4/c1-4-6-7-15-25-24(29)26(3)21-10-8-9-20(17-21)19-13-11-18(12-14-19)16-22(23(27)28)30-5-2/h8-14,16-17H,4-7,15H2,1-3H3,(H,25,29)(H,27,28)/b22-16-. The van der Waals surface area contributed by atoms with Gasteiger partial charge in [0.05, 0.1) is 6.61 Å². The normalized spacial score (nSPS) is 11.1. The van der Waals surface area contributed by atoms with Gasteiger partial charge < -0.3 is 15.2 Å². The number of unbranched alkanes of at least 4 members (excludes halogenated alkanes) is 2. The third kappa shape index (κ3) is 6.65. The first-order valence-corrected chi connectivity index (χ1v) is 10.3. The van der Waals surface area contributed by atoms with Crippen molar-refractivity contribution < 1.29 is 19.4 Å². The minimum Gasteiger partial charge on any atom is -0.487 e. The van der Waals surface area contributed by atoms with E-state index in [9.17, 15) is 14.7 Å². The summed E-state index contributed by atoms with van der Waals surface area (Å²) in [4.78, 5) is 25.2. The van der Waals surface area contributed by atoms with Gasteiger partial charge in [-0.3, -0.25) is 4.90 Å². The predicted molar refractivity (Wildman–Crippen MR) is 120 cm³/mol. The smallest absolute Gasteiger partial charge is 0.371 e. The fraction of sp³-hybridized carbons (Fsp3) is 0.333. The Kier molecular flexibility index (Phi) is 8.94. The van der Waals surface area contributed by atoms with Crippen LogP contribution in [0.2, 0.25) is 0 Å². The molecule has 0 unspecified atom stereocenters. The number of anilines is 1. The van der Waals surface area contributed by atoms with Crippen LogP contribution in [0.5, 0.6) is 0 Å². The van der Waals surface area contributed by atoms with Gasteiger partial charge in [0.25, 0.3) is 0 Å². The maximum absolute atomic E-state index is 12.4. The second kappa shape index (κ2) is 11.7. The van der Waals surface area contributed by atoms with Crippen molar-refractivity contribution >= 4 is 23.8 Å². The van der Waals surface area contributed by atoms with Crippen molar-refractivity contribution in [2.24, 2.45) is 0 Å². The zero-order chi connectivity index (χ0) is 21.9. The highest BCUT2D eigenvalue weighted by atomic mass is 16.5. The Morgan fingerprint density at radius 3 is 2.43 bits per heavy atom. The molecule has 0 aliphatic rings. The van der Waals surface area contributed by atoms with E-state index in [0.29, 0.717) is 13.2 Å². The summed E-state index contributed by atoms with van der Waals surface area (Å²) in [5, 5.41) is 12.1. The van der Waals surface area contributed by atoms with Gasteiger partial charge in [-0.05, 0) is 48.2 Å². The fourth-order valence-electron chi connectivity index (χ4n) is 2.94. The molecule has 2 aromatic rings. The number of aliphatic carboxylic acids is 1. The number of hydrogen-bond donors (Lipinski definition) is 2. The molecule has 0 radical (unpaired) electrons. The predicted octanol–water partition coefficient (Wildman–Crippen LogP) is 5.15. The van der Waals surface area contributed by atoms with Crippen LogP contribution in [-0.4, -0.2) is 37.3 Å². The molecule has 0 bridgehead atoms. The van der Waals surface area contributed by atoms with Crippen molar-refractivity contribution in [2.75, 3.05) is 25.1 Å². The van der Waals surface area contributed by atoms with Gasteiger partial charge in [0.15, 0.2) is 0 Å². The minimum atomic E-state index is -1.09. The zero-order valence-corrected chi connectivity index (χ0v) is 17.9. The van der Waals surface area contributed by atoms with Crippen molar-refractivity contribution in [3.63, 3.8) is 0 Å². The second-order valence-corrected chi connectivity index (χ2v) is 6.92. The lowest BCUT2D eigenvalue weighted by atomic mass is 10.0. The Balaban J connectivity index is 2.12. The molecule has 2 rings (SSSR count). The number of carboxylic acid groups (broad SMARTS) is 1. The first-order valence-electron chi connectivity index (χ1n) is 10.3. The van der Waals surface area contributed by atoms with Crippen molar-refractivity contribution in [3.05, 3.63) is 59.9 Å². The van der Waals surface area contributed by atoms with Crippen LogP contribution in [0.1, 0.15) is 38.7 Å². The van der Waals surface area contributed by atoms with E-state index in [0.717, 1.165) is 41.6 Å². The highest BCUT2D eigenvalue weighted by molar-refractivity contribution is 5.92. The molecule has 2 aromatic carbocycles. The summed E-state index contributed by atoms with van der Waals surface area (Å²) in [5.74, 6) is -1.18. The van der Waals surface area contributed by atoms with Gasteiger partial charge in [-0.2, -0.15) is 0 Å². The third-order valence-corrected chi connectivity index (χ3v) is 4.65. The van der Waals surface area contributed by atoms with E-state index in [4.69, 9.17) is 4.74 Å². The fourth-order valence-corrected chi connectivity index (χ4v) is 2.94. The van der Waals surface area contributed by atoms with Crippen molar-refractivity contribution in [1.82, 2.24) is 5.32 Å². The number of amides is 2. The summed E-state index contributed by atoms with van der Waals surface area (Å²) in [5.41, 5.74) is 3.48. The number of hydrogen-bond acceptors (Lipinski definition) is 3. The van der Waals surface area contributed by atoms with E-state index >= 15 is 0 Å². The van der Waals surface area contributed by atoms with Crippen LogP contribution >= 0.6 is 0 Å². The number of carbonyl (C=O) groups excluding carboxylic acids is 1. The molecule has 160 valence electrons. The molecule has 2 amide bonds. The number of benzene rings is 2. The van der Waals surface area contributed by atoms with Crippen LogP contribution in [0.4, 0.5) is 10.5 Å². The van der Waals surface area contributed by atoms with Crippen LogP contribution < -0.4 is 10.2 Å². The molecule has 0 atom stereocenters. The molecule has 0 aliphatic heterocycles. The van der Waals surface area contributed by atoms with Crippen LogP contribution in [-0.2, 0) is 9.53 Å². The monoisotopic (exact) mass is 410 g/mol. The molecule has 0 saturated heterocycles. The van der Waals surface area contributed by atoms with Gasteiger partial charge in [-0.15, -0.1) is 0 Å². The summed E-state index contributed by atoms with van der Waals surface area (Å²) in [7, 11) is 1.75. The molecular formula is C24H30N2O4. The van der Waals surface area contributed by atoms with Gasteiger partial charge in [0, 0.05) is 19.3 Å². The summed E-state index contributed by atoms with van der Waals surface area (Å²) in [6, 6.07) is 15.1. The van der Waals surface area contributed by atoms with Crippen molar-refractivity contribution in [2.45, 2.75) is 33.1 Å². The van der Waals surface area contributed by atoms with Crippen LogP contribution in [0.3, 0.4) is 0 Å². The Labute approximate surface area is 178 Å². The third-order valence-electron chi connectivity index (χ3n) is 4.65. The van der Waals surface area contributed by atoms with E-state index in [2.05, 4.69) is 12.2 Å². The largest absolute Gasteiger partial charge is 0.487 e. The molecule has 0 fully saturated rings. The molecule has 6 heteroatoms. The topological polar surface area (TPSA) is 78.9 Å². The number of rotatable bonds is 10. The zero-order valence-electron chi connectivity index (χ0n) is 17.9. The van der Waals surface area contributed by atoms with Crippen molar-refractivity contribution in [3.8, 4) is 11.1 Å². The Hall–Kier alpha value is -3.28. The number of carboxylic acids is 1. The van der Waals surface area contributed by atoms with Crippen molar-refractivity contribution in [1.29, 1.82) is 0 Å². The molecular weight excluding hydrogens is 380 g/mol. The quantitative estimate of drug-likeness (QED) is 0.322. The first-order chi connectivity index (χ1) is 14.5. The number of ether oxygens (including phenoxy) is 1. The van der Waals surface area contributed by atoms with E-state index in [1.54, 1.807) is 18.9 Å². The van der Waals surface area contributed by atoms with Gasteiger partial charge in [-0.25, -0.2) is 9.59 Å². The Morgan fingerprint density at radius 2 is 1.80 bits per heavy atom. The lowest BCUT2D eigenvalue weighted by Crippen LogP contribution is -2.37. The van der Waals surface area contributed by atoms with E-state index < -0.39 is 5.97 Å². The number of nitrogens with zero attached hydrogens (tertiary/aromatic N) is 1. The average Bonchev–Trinajstić information content (AvgIpc) is 2.76. The Bertz CT molecular complexity index is 875. The molecule has 0 spiro atoms. The second-order valence-electron chi connectivity index (χ2n) is 6.92. The molecule has 2 N–H and O–H groups in total. The first kappa shape index (κ1) is 23.0. The highest BCUT2D eigenvalue weighted by Gasteiger charge is 2.11. The molecule has 0 heterocycles. The molecule has 0 aliphatic carbocycles.